The van der Waals surface area contributed by atoms with E-state index in [1.807, 2.05) is 30.0 Å². The van der Waals surface area contributed by atoms with Crippen molar-refractivity contribution in [1.82, 2.24) is 14.7 Å². The molecule has 1 aliphatic rings. The van der Waals surface area contributed by atoms with Crippen LogP contribution in [0.4, 0.5) is 0 Å². The quantitative estimate of drug-likeness (QED) is 0.827. The van der Waals surface area contributed by atoms with E-state index in [4.69, 9.17) is 0 Å². The Bertz CT molecular complexity index is 692. The van der Waals surface area contributed by atoms with Crippen LogP contribution in [0, 0.1) is 0 Å². The molecule has 1 aromatic heterocycles. The Morgan fingerprint density at radius 2 is 2.00 bits per heavy atom. The molecule has 0 spiro atoms. The molecule has 1 aliphatic heterocycles. The van der Waals surface area contributed by atoms with Crippen molar-refractivity contribution in [1.29, 1.82) is 0 Å². The van der Waals surface area contributed by atoms with Crippen molar-refractivity contribution in [2.75, 3.05) is 24.6 Å². The number of carbonyl (C=O) groups is 1. The van der Waals surface area contributed by atoms with Crippen LogP contribution in [0.25, 0.3) is 10.8 Å². The van der Waals surface area contributed by atoms with Gasteiger partial charge in [-0.25, -0.2) is 4.68 Å². The van der Waals surface area contributed by atoms with E-state index in [9.17, 15) is 9.59 Å². The van der Waals surface area contributed by atoms with E-state index in [0.717, 1.165) is 30.0 Å². The van der Waals surface area contributed by atoms with E-state index in [-0.39, 0.29) is 18.0 Å². The molecule has 6 heteroatoms. The van der Waals surface area contributed by atoms with Gasteiger partial charge in [-0.3, -0.25) is 9.59 Å². The van der Waals surface area contributed by atoms with Gasteiger partial charge in [0.05, 0.1) is 11.6 Å². The minimum absolute atomic E-state index is 0.0222. The number of carbonyl (C=O) groups excluding carboxylic acids is 1. The molecule has 0 saturated carbocycles. The molecule has 1 aromatic carbocycles. The molecule has 0 aliphatic carbocycles. The van der Waals surface area contributed by atoms with Gasteiger partial charge in [0.25, 0.3) is 5.56 Å². The zero-order chi connectivity index (χ0) is 13.9. The van der Waals surface area contributed by atoms with Crippen LogP contribution in [0.15, 0.2) is 35.3 Å². The van der Waals surface area contributed by atoms with Crippen LogP contribution >= 0.6 is 11.8 Å². The molecule has 0 N–H and O–H groups in total. The summed E-state index contributed by atoms with van der Waals surface area (Å²) >= 11 is 1.85. The van der Waals surface area contributed by atoms with Gasteiger partial charge in [0.15, 0.2) is 0 Å². The van der Waals surface area contributed by atoms with Gasteiger partial charge in [-0.2, -0.15) is 16.9 Å². The first-order valence-corrected chi connectivity index (χ1v) is 7.71. The predicted molar refractivity (Wildman–Crippen MR) is 79.9 cm³/mol. The van der Waals surface area contributed by atoms with Crippen LogP contribution in [0.3, 0.4) is 0 Å². The predicted octanol–water partition coefficient (Wildman–Crippen LogP) is 0.972. The fourth-order valence-electron chi connectivity index (χ4n) is 2.28. The van der Waals surface area contributed by atoms with Crippen molar-refractivity contribution < 1.29 is 4.79 Å². The normalized spacial score (nSPS) is 15.5. The highest BCUT2D eigenvalue weighted by atomic mass is 32.2. The first-order valence-electron chi connectivity index (χ1n) is 6.56. The molecular formula is C14H15N3O2S. The number of hydrogen-bond acceptors (Lipinski definition) is 4. The molecular weight excluding hydrogens is 274 g/mol. The lowest BCUT2D eigenvalue weighted by Gasteiger charge is -2.26. The average Bonchev–Trinajstić information content (AvgIpc) is 2.51. The van der Waals surface area contributed by atoms with Crippen LogP contribution in [0.2, 0.25) is 0 Å². The molecule has 2 heterocycles. The van der Waals surface area contributed by atoms with Crippen LogP contribution in [-0.4, -0.2) is 45.2 Å². The van der Waals surface area contributed by atoms with E-state index < -0.39 is 0 Å². The Morgan fingerprint density at radius 1 is 1.25 bits per heavy atom. The number of fused-ring (bicyclic) bond motifs is 1. The molecule has 0 bridgehead atoms. The smallest absolute Gasteiger partial charge is 0.275 e. The van der Waals surface area contributed by atoms with Crippen molar-refractivity contribution >= 4 is 28.4 Å². The molecule has 1 fully saturated rings. The number of nitrogens with zero attached hydrogens (tertiary/aromatic N) is 3. The van der Waals surface area contributed by atoms with Crippen molar-refractivity contribution in [3.8, 4) is 0 Å². The fraction of sp³-hybridized carbons (Fsp3) is 0.357. The van der Waals surface area contributed by atoms with Crippen molar-refractivity contribution in [2.24, 2.45) is 0 Å². The molecule has 0 atom stereocenters. The highest BCUT2D eigenvalue weighted by Gasteiger charge is 2.18. The van der Waals surface area contributed by atoms with Gasteiger partial charge in [0.1, 0.15) is 6.54 Å². The van der Waals surface area contributed by atoms with Gasteiger partial charge in [-0.15, -0.1) is 0 Å². The maximum Gasteiger partial charge on any atom is 0.275 e. The third-order valence-electron chi connectivity index (χ3n) is 3.41. The SMILES string of the molecule is O=C(Cn1ncc2ccccc2c1=O)N1CCSCC1. The molecule has 2 aromatic rings. The third kappa shape index (κ3) is 2.56. The molecule has 1 saturated heterocycles. The Morgan fingerprint density at radius 3 is 2.80 bits per heavy atom. The van der Waals surface area contributed by atoms with Gasteiger partial charge < -0.3 is 4.90 Å². The maximum atomic E-state index is 12.3. The number of hydrogen-bond donors (Lipinski definition) is 0. The van der Waals surface area contributed by atoms with Crippen LogP contribution in [0.5, 0.6) is 0 Å². The summed E-state index contributed by atoms with van der Waals surface area (Å²) in [6.07, 6.45) is 1.63. The summed E-state index contributed by atoms with van der Waals surface area (Å²) in [5.41, 5.74) is -0.206. The van der Waals surface area contributed by atoms with E-state index in [2.05, 4.69) is 5.10 Å². The topological polar surface area (TPSA) is 55.2 Å². The molecule has 5 nitrogen and oxygen atoms in total. The maximum absolute atomic E-state index is 12.3. The summed E-state index contributed by atoms with van der Waals surface area (Å²) in [4.78, 5) is 26.3. The van der Waals surface area contributed by atoms with Crippen molar-refractivity contribution in [3.63, 3.8) is 0 Å². The first kappa shape index (κ1) is 13.2. The van der Waals surface area contributed by atoms with Gasteiger partial charge in [0.2, 0.25) is 5.91 Å². The highest BCUT2D eigenvalue weighted by molar-refractivity contribution is 7.99. The first-order chi connectivity index (χ1) is 9.75. The largest absolute Gasteiger partial charge is 0.339 e. The van der Waals surface area contributed by atoms with Gasteiger partial charge >= 0.3 is 0 Å². The van der Waals surface area contributed by atoms with E-state index >= 15 is 0 Å². The summed E-state index contributed by atoms with van der Waals surface area (Å²) in [6.45, 7) is 1.53. The molecule has 20 heavy (non-hydrogen) atoms. The molecule has 0 unspecified atom stereocenters. The Labute approximate surface area is 120 Å². The summed E-state index contributed by atoms with van der Waals surface area (Å²) in [5.74, 6) is 1.90. The Kier molecular flexibility index (Phi) is 3.73. The van der Waals surface area contributed by atoms with Crippen LogP contribution < -0.4 is 5.56 Å². The van der Waals surface area contributed by atoms with Gasteiger partial charge in [-0.05, 0) is 6.07 Å². The summed E-state index contributed by atoms with van der Waals surface area (Å²) in [6, 6.07) is 7.29. The van der Waals surface area contributed by atoms with Gasteiger partial charge in [0, 0.05) is 30.0 Å². The number of rotatable bonds is 2. The average molecular weight is 289 g/mol. The van der Waals surface area contributed by atoms with Crippen molar-refractivity contribution in [3.05, 3.63) is 40.8 Å². The van der Waals surface area contributed by atoms with Crippen LogP contribution in [-0.2, 0) is 11.3 Å². The standard InChI is InChI=1S/C14H15N3O2S/c18-13(16-5-7-20-8-6-16)10-17-14(19)12-4-2-1-3-11(12)9-15-17/h1-4,9H,5-8,10H2. The summed E-state index contributed by atoms with van der Waals surface area (Å²) in [7, 11) is 0. The molecule has 1 amide bonds. The molecule has 104 valence electrons. The second kappa shape index (κ2) is 5.66. The number of amides is 1. The van der Waals surface area contributed by atoms with Crippen LogP contribution in [0.1, 0.15) is 0 Å². The Hall–Kier alpha value is -1.82. The monoisotopic (exact) mass is 289 g/mol. The minimum Gasteiger partial charge on any atom is -0.339 e. The minimum atomic E-state index is -0.206. The lowest BCUT2D eigenvalue weighted by molar-refractivity contribution is -0.131. The summed E-state index contributed by atoms with van der Waals surface area (Å²) in [5, 5.41) is 5.50. The van der Waals surface area contributed by atoms with Crippen molar-refractivity contribution in [2.45, 2.75) is 6.54 Å². The Balaban J connectivity index is 1.85. The lowest BCUT2D eigenvalue weighted by Crippen LogP contribution is -2.41. The molecule has 3 rings (SSSR count). The second-order valence-corrected chi connectivity index (χ2v) is 5.91. The van der Waals surface area contributed by atoms with Gasteiger partial charge in [-0.1, -0.05) is 18.2 Å². The fourth-order valence-corrected chi connectivity index (χ4v) is 3.18. The second-order valence-electron chi connectivity index (χ2n) is 4.69. The van der Waals surface area contributed by atoms with E-state index in [0.29, 0.717) is 5.39 Å². The van der Waals surface area contributed by atoms with E-state index in [1.54, 1.807) is 17.2 Å². The number of aromatic nitrogens is 2. The third-order valence-corrected chi connectivity index (χ3v) is 4.35. The highest BCUT2D eigenvalue weighted by Crippen LogP contribution is 2.10. The number of thioether (sulfide) groups is 1. The molecule has 0 radical (unpaired) electrons. The number of benzene rings is 1. The zero-order valence-electron chi connectivity index (χ0n) is 11.0. The van der Waals surface area contributed by atoms with E-state index in [1.165, 1.54) is 4.68 Å². The lowest BCUT2D eigenvalue weighted by atomic mass is 10.2. The summed E-state index contributed by atoms with van der Waals surface area (Å²) < 4.78 is 1.26. The zero-order valence-corrected chi connectivity index (χ0v) is 11.8.